The molecule has 1 aliphatic rings. The lowest BCUT2D eigenvalue weighted by molar-refractivity contribution is -0.0382. The van der Waals surface area contributed by atoms with Gasteiger partial charge in [0.25, 0.3) is 0 Å². The molecule has 176 valence electrons. The summed E-state index contributed by atoms with van der Waals surface area (Å²) in [4.78, 5) is 0. The van der Waals surface area contributed by atoms with Crippen LogP contribution in [-0.2, 0) is 0 Å². The number of halogens is 2. The Balaban J connectivity index is 1.42. The van der Waals surface area contributed by atoms with Crippen LogP contribution in [0, 0.1) is 11.8 Å². The van der Waals surface area contributed by atoms with Crippen molar-refractivity contribution in [3.05, 3.63) is 76.9 Å². The number of benzene rings is 2. The largest absolute Gasteiger partial charge is 0.248 e. The van der Waals surface area contributed by atoms with Crippen LogP contribution in [0.25, 0.3) is 6.08 Å². The lowest BCUT2D eigenvalue weighted by atomic mass is 9.82. The molecule has 1 saturated carbocycles. The van der Waals surface area contributed by atoms with Crippen LogP contribution in [0.5, 0.6) is 0 Å². The molecule has 0 aromatic heterocycles. The van der Waals surface area contributed by atoms with Gasteiger partial charge in [0.05, 0.1) is 0 Å². The van der Waals surface area contributed by atoms with Gasteiger partial charge in [-0.15, -0.1) is 0 Å². The number of hydrogen-bond acceptors (Lipinski definition) is 0. The highest BCUT2D eigenvalue weighted by Crippen LogP contribution is 2.40. The fraction of sp³-hybridized carbons (Fsp3) is 0.484. The van der Waals surface area contributed by atoms with E-state index in [9.17, 15) is 8.78 Å². The smallest absolute Gasteiger partial charge is 0.207 e. The van der Waals surface area contributed by atoms with E-state index < -0.39 is 5.92 Å². The summed E-state index contributed by atoms with van der Waals surface area (Å²) in [6.45, 7) is 2.26. The Morgan fingerprint density at radius 3 is 1.94 bits per heavy atom. The van der Waals surface area contributed by atoms with Crippen molar-refractivity contribution in [1.82, 2.24) is 0 Å². The van der Waals surface area contributed by atoms with Crippen molar-refractivity contribution >= 4 is 6.08 Å². The minimum atomic E-state index is -2.47. The van der Waals surface area contributed by atoms with Gasteiger partial charge >= 0.3 is 0 Å². The molecule has 0 saturated heterocycles. The maximum absolute atomic E-state index is 13.4. The Bertz CT molecular complexity index is 900. The van der Waals surface area contributed by atoms with E-state index in [4.69, 9.17) is 0 Å². The molecule has 0 unspecified atom stereocenters. The molecule has 0 aliphatic heterocycles. The molecule has 0 heterocycles. The van der Waals surface area contributed by atoms with Gasteiger partial charge in [0.15, 0.2) is 0 Å². The van der Waals surface area contributed by atoms with Crippen molar-refractivity contribution in [2.45, 2.75) is 95.8 Å². The molecule has 33 heavy (non-hydrogen) atoms. The molecular weight excluding hydrogens is 410 g/mol. The number of allylic oxidation sites excluding steroid dienone is 1. The van der Waals surface area contributed by atoms with E-state index in [2.05, 4.69) is 67.3 Å². The first-order chi connectivity index (χ1) is 16.1. The van der Waals surface area contributed by atoms with Gasteiger partial charge in [-0.05, 0) is 67.0 Å². The van der Waals surface area contributed by atoms with Crippen LogP contribution in [0.15, 0.2) is 54.6 Å². The first-order valence-corrected chi connectivity index (χ1v) is 12.8. The molecule has 3 rings (SSSR count). The quantitative estimate of drug-likeness (QED) is 0.251. The van der Waals surface area contributed by atoms with Crippen molar-refractivity contribution in [1.29, 1.82) is 0 Å². The highest BCUT2D eigenvalue weighted by molar-refractivity contribution is 5.52. The molecule has 0 bridgehead atoms. The Morgan fingerprint density at radius 1 is 0.788 bits per heavy atom. The first-order valence-electron chi connectivity index (χ1n) is 12.8. The lowest BCUT2D eigenvalue weighted by Gasteiger charge is -2.28. The highest BCUT2D eigenvalue weighted by Gasteiger charge is 2.35. The number of rotatable bonds is 10. The Labute approximate surface area is 199 Å². The summed E-state index contributed by atoms with van der Waals surface area (Å²) in [6.07, 6.45) is 16.2. The van der Waals surface area contributed by atoms with Crippen LogP contribution in [-0.4, -0.2) is 5.92 Å². The van der Waals surface area contributed by atoms with Crippen molar-refractivity contribution in [3.63, 3.8) is 0 Å². The van der Waals surface area contributed by atoms with E-state index >= 15 is 0 Å². The fourth-order valence-corrected chi connectivity index (χ4v) is 4.47. The maximum Gasteiger partial charge on any atom is 0.248 e. The molecule has 0 atom stereocenters. The molecule has 2 aromatic rings. The molecule has 0 nitrogen and oxygen atoms in total. The fourth-order valence-electron chi connectivity index (χ4n) is 4.47. The lowest BCUT2D eigenvalue weighted by Crippen LogP contribution is -2.23. The van der Waals surface area contributed by atoms with E-state index in [-0.39, 0.29) is 18.8 Å². The molecule has 0 radical (unpaired) electrons. The second-order valence-electron chi connectivity index (χ2n) is 9.44. The van der Waals surface area contributed by atoms with Gasteiger partial charge in [-0.1, -0.05) is 93.7 Å². The summed E-state index contributed by atoms with van der Waals surface area (Å²) in [5.74, 6) is 4.23. The van der Waals surface area contributed by atoms with Crippen molar-refractivity contribution < 1.29 is 8.78 Å². The average molecular weight is 449 g/mol. The average Bonchev–Trinajstić information content (AvgIpc) is 2.83. The SMILES string of the molecule is CCCCCCCCC/C=C/c1ccc(C#Cc2ccc(C3CCC(F)(F)CC3)cc2)cc1. The Kier molecular flexibility index (Phi) is 10.2. The molecule has 2 aromatic carbocycles. The molecule has 2 heteroatoms. The van der Waals surface area contributed by atoms with Gasteiger partial charge < -0.3 is 0 Å². The number of alkyl halides is 2. The zero-order valence-electron chi connectivity index (χ0n) is 20.1. The minimum Gasteiger partial charge on any atom is -0.207 e. The van der Waals surface area contributed by atoms with E-state index in [0.29, 0.717) is 12.8 Å². The van der Waals surface area contributed by atoms with Crippen LogP contribution >= 0.6 is 0 Å². The minimum absolute atomic E-state index is 0.00350. The van der Waals surface area contributed by atoms with Gasteiger partial charge in [0.1, 0.15) is 0 Å². The zero-order valence-corrected chi connectivity index (χ0v) is 20.1. The van der Waals surface area contributed by atoms with Crippen LogP contribution in [0.2, 0.25) is 0 Å². The van der Waals surface area contributed by atoms with Gasteiger partial charge in [-0.3, -0.25) is 0 Å². The van der Waals surface area contributed by atoms with E-state index in [1.807, 2.05) is 12.1 Å². The Morgan fingerprint density at radius 2 is 1.33 bits per heavy atom. The third-order valence-electron chi connectivity index (χ3n) is 6.65. The predicted octanol–water partition coefficient (Wildman–Crippen LogP) is 9.53. The maximum atomic E-state index is 13.4. The molecule has 1 aliphatic carbocycles. The van der Waals surface area contributed by atoms with Crippen LogP contribution in [0.1, 0.15) is 112 Å². The van der Waals surface area contributed by atoms with Gasteiger partial charge in [0, 0.05) is 24.0 Å². The van der Waals surface area contributed by atoms with Crippen LogP contribution < -0.4 is 0 Å². The van der Waals surface area contributed by atoms with Crippen molar-refractivity contribution in [3.8, 4) is 11.8 Å². The monoisotopic (exact) mass is 448 g/mol. The third-order valence-corrected chi connectivity index (χ3v) is 6.65. The normalized spacial score (nSPS) is 16.0. The molecule has 0 N–H and O–H groups in total. The summed E-state index contributed by atoms with van der Waals surface area (Å²) >= 11 is 0. The van der Waals surface area contributed by atoms with E-state index in [0.717, 1.165) is 23.1 Å². The molecule has 0 spiro atoms. The van der Waals surface area contributed by atoms with E-state index in [1.54, 1.807) is 0 Å². The third kappa shape index (κ3) is 9.17. The van der Waals surface area contributed by atoms with Crippen molar-refractivity contribution in [2.24, 2.45) is 0 Å². The molecule has 0 amide bonds. The van der Waals surface area contributed by atoms with Gasteiger partial charge in [0.2, 0.25) is 5.92 Å². The second kappa shape index (κ2) is 13.3. The van der Waals surface area contributed by atoms with Crippen LogP contribution in [0.3, 0.4) is 0 Å². The standard InChI is InChI=1S/C31H38F2/c1-2-3-4-5-6-7-8-9-10-11-26-12-14-27(15-13-26)16-17-28-18-20-29(21-19-28)30-22-24-31(32,33)25-23-30/h10-15,18-21,30H,2-9,22-25H2,1H3/b11-10+. The van der Waals surface area contributed by atoms with Gasteiger partial charge in [-0.25, -0.2) is 8.78 Å². The summed E-state index contributed by atoms with van der Waals surface area (Å²) in [5, 5.41) is 0. The summed E-state index contributed by atoms with van der Waals surface area (Å²) in [6, 6.07) is 16.5. The van der Waals surface area contributed by atoms with E-state index in [1.165, 1.54) is 50.5 Å². The van der Waals surface area contributed by atoms with Crippen LogP contribution in [0.4, 0.5) is 8.78 Å². The number of unbranched alkanes of at least 4 members (excludes halogenated alkanes) is 7. The predicted molar refractivity (Wildman–Crippen MR) is 137 cm³/mol. The summed E-state index contributed by atoms with van der Waals surface area (Å²) in [5.41, 5.74) is 4.32. The molecule has 1 fully saturated rings. The highest BCUT2D eigenvalue weighted by atomic mass is 19.3. The number of hydrogen-bond donors (Lipinski definition) is 0. The first kappa shape index (κ1) is 25.2. The topological polar surface area (TPSA) is 0 Å². The van der Waals surface area contributed by atoms with Crippen molar-refractivity contribution in [2.75, 3.05) is 0 Å². The summed E-state index contributed by atoms with van der Waals surface area (Å²) in [7, 11) is 0. The van der Waals surface area contributed by atoms with Gasteiger partial charge in [-0.2, -0.15) is 0 Å². The molecular formula is C31H38F2. The second-order valence-corrected chi connectivity index (χ2v) is 9.44. The summed E-state index contributed by atoms with van der Waals surface area (Å²) < 4.78 is 26.7. The Hall–Kier alpha value is -2.40. The zero-order chi connectivity index (χ0) is 23.4.